The molecule has 0 bridgehead atoms. The van der Waals surface area contributed by atoms with Crippen LogP contribution in [-0.2, 0) is 11.2 Å². The molecule has 0 atom stereocenters. The van der Waals surface area contributed by atoms with Gasteiger partial charge in [-0.1, -0.05) is 12.0 Å². The Hall–Kier alpha value is -2.28. The van der Waals surface area contributed by atoms with E-state index in [4.69, 9.17) is 11.5 Å². The van der Waals surface area contributed by atoms with E-state index >= 15 is 0 Å². The molecule has 4 nitrogen and oxygen atoms in total. The van der Waals surface area contributed by atoms with E-state index in [0.29, 0.717) is 5.69 Å². The van der Waals surface area contributed by atoms with Crippen molar-refractivity contribution in [3.05, 3.63) is 29.3 Å². The van der Waals surface area contributed by atoms with Gasteiger partial charge in [-0.3, -0.25) is 4.79 Å². The highest BCUT2D eigenvalue weighted by Gasteiger charge is 2.27. The molecule has 1 N–H and O–H groups in total. The normalized spacial score (nSPS) is 13.4. The number of fused-ring (bicyclic) bond motifs is 1. The second kappa shape index (κ2) is 3.70. The number of hydrogen-bond donors (Lipinski definition) is 1. The van der Waals surface area contributed by atoms with Gasteiger partial charge in [0.2, 0.25) is 5.91 Å². The SMILES string of the molecule is C#CCN1C(=O)Cc2ccc(C(=O)O)cc21. The zero-order chi connectivity index (χ0) is 11.7. The average molecular weight is 215 g/mol. The van der Waals surface area contributed by atoms with Gasteiger partial charge in [0.15, 0.2) is 0 Å². The van der Waals surface area contributed by atoms with E-state index in [2.05, 4.69) is 5.92 Å². The summed E-state index contributed by atoms with van der Waals surface area (Å²) < 4.78 is 0. The second-order valence-electron chi connectivity index (χ2n) is 3.51. The Balaban J connectivity index is 2.46. The first-order valence-corrected chi connectivity index (χ1v) is 4.73. The maximum Gasteiger partial charge on any atom is 0.335 e. The summed E-state index contributed by atoms with van der Waals surface area (Å²) in [6, 6.07) is 4.64. The number of rotatable bonds is 2. The van der Waals surface area contributed by atoms with Crippen LogP contribution >= 0.6 is 0 Å². The van der Waals surface area contributed by atoms with Crippen LogP contribution in [0.15, 0.2) is 18.2 Å². The van der Waals surface area contributed by atoms with Crippen LogP contribution < -0.4 is 4.90 Å². The Labute approximate surface area is 92.5 Å². The molecule has 0 radical (unpaired) electrons. The van der Waals surface area contributed by atoms with E-state index in [0.717, 1.165) is 5.56 Å². The first-order valence-electron chi connectivity index (χ1n) is 4.73. The maximum atomic E-state index is 11.6. The molecule has 80 valence electrons. The second-order valence-corrected chi connectivity index (χ2v) is 3.51. The molecule has 0 saturated heterocycles. The van der Waals surface area contributed by atoms with Crippen molar-refractivity contribution in [2.75, 3.05) is 11.4 Å². The minimum Gasteiger partial charge on any atom is -0.478 e. The van der Waals surface area contributed by atoms with E-state index in [1.807, 2.05) is 0 Å². The van der Waals surface area contributed by atoms with E-state index in [9.17, 15) is 9.59 Å². The third-order valence-corrected chi connectivity index (χ3v) is 2.52. The topological polar surface area (TPSA) is 57.6 Å². The zero-order valence-corrected chi connectivity index (χ0v) is 8.43. The number of carboxylic acids is 1. The predicted molar refractivity (Wildman–Crippen MR) is 58.3 cm³/mol. The van der Waals surface area contributed by atoms with Crippen molar-refractivity contribution in [3.8, 4) is 12.3 Å². The molecule has 1 aliphatic rings. The summed E-state index contributed by atoms with van der Waals surface area (Å²) in [5.74, 6) is 1.29. The molecule has 0 aromatic heterocycles. The summed E-state index contributed by atoms with van der Waals surface area (Å²) in [4.78, 5) is 23.8. The molecule has 0 unspecified atom stereocenters. The fraction of sp³-hybridized carbons (Fsp3) is 0.167. The Morgan fingerprint density at radius 1 is 1.56 bits per heavy atom. The van der Waals surface area contributed by atoms with Crippen molar-refractivity contribution in [1.29, 1.82) is 0 Å². The molecule has 2 rings (SSSR count). The van der Waals surface area contributed by atoms with Crippen LogP contribution in [0.25, 0.3) is 0 Å². The van der Waals surface area contributed by atoms with Crippen molar-refractivity contribution in [3.63, 3.8) is 0 Å². The molecule has 0 saturated carbocycles. The lowest BCUT2D eigenvalue weighted by Gasteiger charge is -2.13. The standard InChI is InChI=1S/C12H9NO3/c1-2-5-13-10-6-9(12(15)16)4-3-8(10)7-11(13)14/h1,3-4,6H,5,7H2,(H,15,16). The Morgan fingerprint density at radius 2 is 2.31 bits per heavy atom. The fourth-order valence-corrected chi connectivity index (χ4v) is 1.75. The number of benzene rings is 1. The van der Waals surface area contributed by atoms with Crippen LogP contribution in [0.3, 0.4) is 0 Å². The average Bonchev–Trinajstić information content (AvgIpc) is 2.55. The maximum absolute atomic E-state index is 11.6. The molecular formula is C12H9NO3. The van der Waals surface area contributed by atoms with E-state index in [1.54, 1.807) is 6.07 Å². The van der Waals surface area contributed by atoms with Crippen LogP contribution in [0, 0.1) is 12.3 Å². The third kappa shape index (κ3) is 1.52. The number of carbonyl (C=O) groups excluding carboxylic acids is 1. The number of amides is 1. The summed E-state index contributed by atoms with van der Waals surface area (Å²) in [7, 11) is 0. The first kappa shape index (κ1) is 10.2. The monoisotopic (exact) mass is 215 g/mol. The van der Waals surface area contributed by atoms with Gasteiger partial charge in [-0.2, -0.15) is 0 Å². The van der Waals surface area contributed by atoms with Crippen molar-refractivity contribution in [1.82, 2.24) is 0 Å². The highest BCUT2D eigenvalue weighted by atomic mass is 16.4. The molecule has 1 amide bonds. The van der Waals surface area contributed by atoms with Crippen LogP contribution in [0.2, 0.25) is 0 Å². The lowest BCUT2D eigenvalue weighted by molar-refractivity contribution is -0.117. The van der Waals surface area contributed by atoms with E-state index < -0.39 is 5.97 Å². The molecule has 0 fully saturated rings. The molecule has 1 heterocycles. The molecule has 1 aliphatic heterocycles. The number of carbonyl (C=O) groups is 2. The van der Waals surface area contributed by atoms with Crippen molar-refractivity contribution in [2.24, 2.45) is 0 Å². The van der Waals surface area contributed by atoms with Crippen LogP contribution in [0.1, 0.15) is 15.9 Å². The van der Waals surface area contributed by atoms with Crippen LogP contribution in [-0.4, -0.2) is 23.5 Å². The third-order valence-electron chi connectivity index (χ3n) is 2.52. The summed E-state index contributed by atoms with van der Waals surface area (Å²) in [6.07, 6.45) is 5.45. The van der Waals surface area contributed by atoms with Crippen LogP contribution in [0.4, 0.5) is 5.69 Å². The number of aromatic carboxylic acids is 1. The molecule has 1 aromatic rings. The van der Waals surface area contributed by atoms with Gasteiger partial charge < -0.3 is 10.0 Å². The summed E-state index contributed by atoms with van der Waals surface area (Å²) >= 11 is 0. The highest BCUT2D eigenvalue weighted by molar-refractivity contribution is 6.03. The lowest BCUT2D eigenvalue weighted by Crippen LogP contribution is -2.26. The van der Waals surface area contributed by atoms with Gasteiger partial charge in [0.25, 0.3) is 0 Å². The molecule has 1 aromatic carbocycles. The Bertz CT molecular complexity index is 513. The Kier molecular flexibility index (Phi) is 2.37. The molecule has 0 aliphatic carbocycles. The minimum absolute atomic E-state index is 0.0875. The zero-order valence-electron chi connectivity index (χ0n) is 8.43. The van der Waals surface area contributed by atoms with Gasteiger partial charge in [0.1, 0.15) is 0 Å². The van der Waals surface area contributed by atoms with Gasteiger partial charge in [0, 0.05) is 5.69 Å². The lowest BCUT2D eigenvalue weighted by atomic mass is 10.1. The Morgan fingerprint density at radius 3 is 2.94 bits per heavy atom. The van der Waals surface area contributed by atoms with Gasteiger partial charge in [-0.15, -0.1) is 6.42 Å². The fourth-order valence-electron chi connectivity index (χ4n) is 1.75. The summed E-state index contributed by atoms with van der Waals surface area (Å²) in [5.41, 5.74) is 1.60. The smallest absolute Gasteiger partial charge is 0.335 e. The predicted octanol–water partition coefficient (Wildman–Crippen LogP) is 0.907. The number of nitrogens with zero attached hydrogens (tertiary/aromatic N) is 1. The van der Waals surface area contributed by atoms with Crippen molar-refractivity contribution < 1.29 is 14.7 Å². The van der Waals surface area contributed by atoms with Gasteiger partial charge >= 0.3 is 5.97 Å². The largest absolute Gasteiger partial charge is 0.478 e. The molecular weight excluding hydrogens is 206 g/mol. The van der Waals surface area contributed by atoms with Gasteiger partial charge in [0.05, 0.1) is 18.5 Å². The molecule has 4 heteroatoms. The van der Waals surface area contributed by atoms with Gasteiger partial charge in [-0.25, -0.2) is 4.79 Å². The number of anilines is 1. The number of carboxylic acid groups (broad SMARTS) is 1. The molecule has 0 spiro atoms. The highest BCUT2D eigenvalue weighted by Crippen LogP contribution is 2.29. The van der Waals surface area contributed by atoms with Gasteiger partial charge in [-0.05, 0) is 17.7 Å². The minimum atomic E-state index is -1.01. The molecule has 16 heavy (non-hydrogen) atoms. The summed E-state index contributed by atoms with van der Waals surface area (Å²) in [6.45, 7) is 0.176. The number of hydrogen-bond acceptors (Lipinski definition) is 2. The first-order chi connectivity index (χ1) is 7.63. The summed E-state index contributed by atoms with van der Waals surface area (Å²) in [5, 5.41) is 8.85. The number of terminal acetylenes is 1. The van der Waals surface area contributed by atoms with Crippen molar-refractivity contribution >= 4 is 17.6 Å². The van der Waals surface area contributed by atoms with E-state index in [-0.39, 0.29) is 24.4 Å². The van der Waals surface area contributed by atoms with Crippen LogP contribution in [0.5, 0.6) is 0 Å². The quantitative estimate of drug-likeness (QED) is 0.746. The van der Waals surface area contributed by atoms with Crippen molar-refractivity contribution in [2.45, 2.75) is 6.42 Å². The van der Waals surface area contributed by atoms with E-state index in [1.165, 1.54) is 17.0 Å².